The Morgan fingerprint density at radius 1 is 1.24 bits per heavy atom. The third kappa shape index (κ3) is 7.67. The number of methoxy groups -OCH3 is 1. The van der Waals surface area contributed by atoms with E-state index in [-0.39, 0.29) is 36.6 Å². The molecule has 1 unspecified atom stereocenters. The van der Waals surface area contributed by atoms with Crippen molar-refractivity contribution >= 4 is 40.0 Å². The van der Waals surface area contributed by atoms with Crippen LogP contribution in [0.5, 0.6) is 0 Å². The number of piperazine rings is 1. The number of ether oxygens (including phenoxy) is 1. The summed E-state index contributed by atoms with van der Waals surface area (Å²) in [6, 6.07) is 7.20. The molecule has 0 saturated carbocycles. The van der Waals surface area contributed by atoms with Gasteiger partial charge in [0.2, 0.25) is 10.0 Å². The molecule has 2 N–H and O–H groups in total. The Balaban J connectivity index is 0.00000420. The predicted molar refractivity (Wildman–Crippen MR) is 127 cm³/mol. The van der Waals surface area contributed by atoms with Gasteiger partial charge in [-0.05, 0) is 32.5 Å². The third-order valence-electron chi connectivity index (χ3n) is 4.60. The van der Waals surface area contributed by atoms with Crippen LogP contribution in [-0.2, 0) is 21.3 Å². The minimum atomic E-state index is -3.53. The maximum absolute atomic E-state index is 13.2. The van der Waals surface area contributed by atoms with Crippen LogP contribution in [0.15, 0.2) is 34.2 Å². The van der Waals surface area contributed by atoms with Gasteiger partial charge in [-0.3, -0.25) is 0 Å². The molecule has 0 spiro atoms. The largest absolute Gasteiger partial charge is 0.383 e. The quantitative estimate of drug-likeness (QED) is 0.295. The fourth-order valence-corrected chi connectivity index (χ4v) is 4.70. The van der Waals surface area contributed by atoms with Crippen molar-refractivity contribution in [1.82, 2.24) is 19.8 Å². The second-order valence-electron chi connectivity index (χ2n) is 7.01. The summed E-state index contributed by atoms with van der Waals surface area (Å²) in [6.07, 6.45) is 0. The molecule has 1 aromatic rings. The zero-order valence-electron chi connectivity index (χ0n) is 17.7. The third-order valence-corrected chi connectivity index (χ3v) is 6.60. The van der Waals surface area contributed by atoms with E-state index in [1.54, 1.807) is 23.5 Å². The van der Waals surface area contributed by atoms with Crippen molar-refractivity contribution in [3.8, 4) is 0 Å². The molecule has 0 radical (unpaired) electrons. The number of likely N-dealkylation sites (N-methyl/N-ethyl adjacent to an activating group) is 1. The smallest absolute Gasteiger partial charge is 0.243 e. The minimum absolute atomic E-state index is 0. The van der Waals surface area contributed by atoms with Crippen molar-refractivity contribution in [2.45, 2.75) is 31.3 Å². The Morgan fingerprint density at radius 2 is 1.90 bits per heavy atom. The van der Waals surface area contributed by atoms with Gasteiger partial charge in [-0.1, -0.05) is 18.2 Å². The standard InChI is InChI=1S/C19H33N5O3S.HI/c1-5-20-19(22-16(2)15-27-4)21-14-17-8-6-7-9-18(17)28(25,26)24-12-10-23(3)11-13-24;/h6-9,16H,5,10-15H2,1-4H3,(H2,20,21,22);1H. The summed E-state index contributed by atoms with van der Waals surface area (Å²) in [5.74, 6) is 0.638. The van der Waals surface area contributed by atoms with Crippen molar-refractivity contribution in [2.24, 2.45) is 4.99 Å². The lowest BCUT2D eigenvalue weighted by atomic mass is 10.2. The molecule has 166 valence electrons. The fraction of sp³-hybridized carbons (Fsp3) is 0.632. The predicted octanol–water partition coefficient (Wildman–Crippen LogP) is 1.33. The molecule has 1 aliphatic rings. The number of rotatable bonds is 8. The van der Waals surface area contributed by atoms with Crippen molar-refractivity contribution in [1.29, 1.82) is 0 Å². The minimum Gasteiger partial charge on any atom is -0.383 e. The van der Waals surface area contributed by atoms with E-state index < -0.39 is 10.0 Å². The summed E-state index contributed by atoms with van der Waals surface area (Å²) in [4.78, 5) is 7.06. The topological polar surface area (TPSA) is 86.3 Å². The molecule has 1 aliphatic heterocycles. The van der Waals surface area contributed by atoms with Crippen molar-refractivity contribution in [3.63, 3.8) is 0 Å². The highest BCUT2D eigenvalue weighted by Crippen LogP contribution is 2.22. The van der Waals surface area contributed by atoms with Crippen molar-refractivity contribution in [2.75, 3.05) is 53.5 Å². The molecular formula is C19H34IN5O3S. The first-order chi connectivity index (χ1) is 13.4. The maximum atomic E-state index is 13.2. The second kappa shape index (κ2) is 12.7. The molecule has 1 aromatic carbocycles. The van der Waals surface area contributed by atoms with Gasteiger partial charge in [0.15, 0.2) is 5.96 Å². The zero-order valence-corrected chi connectivity index (χ0v) is 20.9. The number of hydrogen-bond acceptors (Lipinski definition) is 5. The Bertz CT molecular complexity index is 752. The first-order valence-corrected chi connectivity index (χ1v) is 11.1. The average molecular weight is 539 g/mol. The van der Waals surface area contributed by atoms with E-state index in [0.717, 1.165) is 13.1 Å². The fourth-order valence-electron chi connectivity index (χ4n) is 3.06. The number of guanidine groups is 1. The molecule has 8 nitrogen and oxygen atoms in total. The van der Waals surface area contributed by atoms with Gasteiger partial charge >= 0.3 is 0 Å². The lowest BCUT2D eigenvalue weighted by Crippen LogP contribution is -2.47. The van der Waals surface area contributed by atoms with Crippen LogP contribution in [0.4, 0.5) is 0 Å². The molecule has 1 heterocycles. The van der Waals surface area contributed by atoms with Crippen LogP contribution in [0, 0.1) is 0 Å². The number of benzene rings is 1. The normalized spacial score (nSPS) is 17.4. The lowest BCUT2D eigenvalue weighted by molar-refractivity contribution is 0.179. The Kier molecular flexibility index (Phi) is 11.4. The monoisotopic (exact) mass is 539 g/mol. The summed E-state index contributed by atoms with van der Waals surface area (Å²) in [6.45, 7) is 8.04. The first kappa shape index (κ1) is 26.1. The Hall–Kier alpha value is -0.950. The van der Waals surface area contributed by atoms with Crippen LogP contribution >= 0.6 is 24.0 Å². The summed E-state index contributed by atoms with van der Waals surface area (Å²) in [5, 5.41) is 6.45. The van der Waals surface area contributed by atoms with E-state index in [0.29, 0.717) is 42.7 Å². The Labute approximate surface area is 192 Å². The van der Waals surface area contributed by atoms with Crippen LogP contribution < -0.4 is 10.6 Å². The molecule has 0 bridgehead atoms. The number of aliphatic imine (C=N–C) groups is 1. The number of sulfonamides is 1. The number of nitrogens with zero attached hydrogens (tertiary/aromatic N) is 3. The van der Waals surface area contributed by atoms with E-state index in [1.807, 2.05) is 33.0 Å². The molecule has 29 heavy (non-hydrogen) atoms. The molecule has 1 saturated heterocycles. The highest BCUT2D eigenvalue weighted by atomic mass is 127. The van der Waals surface area contributed by atoms with Gasteiger partial charge in [-0.15, -0.1) is 24.0 Å². The number of halogens is 1. The van der Waals surface area contributed by atoms with Gasteiger partial charge in [0.25, 0.3) is 0 Å². The molecule has 1 atom stereocenters. The van der Waals surface area contributed by atoms with Gasteiger partial charge < -0.3 is 20.3 Å². The lowest BCUT2D eigenvalue weighted by Gasteiger charge is -2.32. The van der Waals surface area contributed by atoms with Crippen LogP contribution in [0.3, 0.4) is 0 Å². The SMILES string of the molecule is CCNC(=NCc1ccccc1S(=O)(=O)N1CCN(C)CC1)NC(C)COC.I. The van der Waals surface area contributed by atoms with Crippen molar-refractivity contribution in [3.05, 3.63) is 29.8 Å². The molecule has 2 rings (SSSR count). The van der Waals surface area contributed by atoms with Crippen LogP contribution in [-0.4, -0.2) is 83.1 Å². The molecule has 0 amide bonds. The van der Waals surface area contributed by atoms with Gasteiger partial charge in [0.05, 0.1) is 18.0 Å². The van der Waals surface area contributed by atoms with Crippen LogP contribution in [0.2, 0.25) is 0 Å². The van der Waals surface area contributed by atoms with Crippen LogP contribution in [0.1, 0.15) is 19.4 Å². The first-order valence-electron chi connectivity index (χ1n) is 9.68. The zero-order chi connectivity index (χ0) is 20.6. The van der Waals surface area contributed by atoms with E-state index >= 15 is 0 Å². The average Bonchev–Trinajstić information content (AvgIpc) is 2.67. The van der Waals surface area contributed by atoms with Gasteiger partial charge in [0, 0.05) is 45.9 Å². The van der Waals surface area contributed by atoms with Gasteiger partial charge in [0.1, 0.15) is 0 Å². The summed E-state index contributed by atoms with van der Waals surface area (Å²) in [7, 11) is 0.130. The van der Waals surface area contributed by atoms with Gasteiger partial charge in [-0.2, -0.15) is 4.31 Å². The second-order valence-corrected chi connectivity index (χ2v) is 8.92. The van der Waals surface area contributed by atoms with Crippen molar-refractivity contribution < 1.29 is 13.2 Å². The highest BCUT2D eigenvalue weighted by Gasteiger charge is 2.29. The number of nitrogens with one attached hydrogen (secondary N) is 2. The van der Waals surface area contributed by atoms with E-state index in [1.165, 1.54) is 0 Å². The summed E-state index contributed by atoms with van der Waals surface area (Å²) < 4.78 is 33.0. The molecule has 0 aromatic heterocycles. The van der Waals surface area contributed by atoms with E-state index in [4.69, 9.17) is 4.74 Å². The van der Waals surface area contributed by atoms with Gasteiger partial charge in [-0.25, -0.2) is 13.4 Å². The molecule has 0 aliphatic carbocycles. The summed E-state index contributed by atoms with van der Waals surface area (Å²) in [5.41, 5.74) is 0.693. The maximum Gasteiger partial charge on any atom is 0.243 e. The molecule has 10 heteroatoms. The number of hydrogen-bond donors (Lipinski definition) is 2. The molecule has 1 fully saturated rings. The van der Waals surface area contributed by atoms with Crippen LogP contribution in [0.25, 0.3) is 0 Å². The van der Waals surface area contributed by atoms with E-state index in [9.17, 15) is 8.42 Å². The molecular weight excluding hydrogens is 505 g/mol. The van der Waals surface area contributed by atoms with E-state index in [2.05, 4.69) is 20.5 Å². The highest BCUT2D eigenvalue weighted by molar-refractivity contribution is 14.0. The summed E-state index contributed by atoms with van der Waals surface area (Å²) >= 11 is 0. The Morgan fingerprint density at radius 3 is 2.52 bits per heavy atom.